The number of nitrogens with zero attached hydrogens (tertiary/aromatic N) is 3. The number of carbonyl (C=O) groups is 1. The first-order chi connectivity index (χ1) is 11.8. The lowest BCUT2D eigenvalue weighted by molar-refractivity contribution is -0.119. The van der Waals surface area contributed by atoms with Crippen LogP contribution in [0.15, 0.2) is 30.9 Å². The molecule has 1 saturated heterocycles. The first kappa shape index (κ1) is 17.5. The van der Waals surface area contributed by atoms with Crippen molar-refractivity contribution in [2.75, 3.05) is 24.7 Å². The summed E-state index contributed by atoms with van der Waals surface area (Å²) in [7, 11) is -3.63. The Kier molecular flexibility index (Phi) is 4.56. The summed E-state index contributed by atoms with van der Waals surface area (Å²) in [6.07, 6.45) is 4.05. The summed E-state index contributed by atoms with van der Waals surface area (Å²) in [6, 6.07) is 4.07. The standard InChI is InChI=1S/C15H18FN5O3S/c1-25(23,24)15(4-6-17-7-5-15)14(22)20-11-2-3-13(12(16)8-11)21-10-18-9-19-21/h2-3,8-10,17H,4-7H2,1H3,(H,20,22). The van der Waals surface area contributed by atoms with Gasteiger partial charge in [-0.3, -0.25) is 4.79 Å². The number of piperidine rings is 1. The average molecular weight is 367 g/mol. The van der Waals surface area contributed by atoms with E-state index in [9.17, 15) is 17.6 Å². The van der Waals surface area contributed by atoms with Gasteiger partial charge in [0.15, 0.2) is 20.4 Å². The zero-order valence-corrected chi connectivity index (χ0v) is 14.4. The highest BCUT2D eigenvalue weighted by Gasteiger charge is 2.48. The molecule has 25 heavy (non-hydrogen) atoms. The van der Waals surface area contributed by atoms with Gasteiger partial charge in [-0.05, 0) is 44.1 Å². The van der Waals surface area contributed by atoms with E-state index < -0.39 is 26.3 Å². The molecule has 1 aliphatic heterocycles. The van der Waals surface area contributed by atoms with Gasteiger partial charge in [0.25, 0.3) is 0 Å². The van der Waals surface area contributed by atoms with Crippen molar-refractivity contribution in [2.45, 2.75) is 17.6 Å². The lowest BCUT2D eigenvalue weighted by atomic mass is 9.95. The third-order valence-electron chi connectivity index (χ3n) is 4.41. The Labute approximate surface area is 144 Å². The quantitative estimate of drug-likeness (QED) is 0.816. The van der Waals surface area contributed by atoms with Gasteiger partial charge in [-0.1, -0.05) is 0 Å². The highest BCUT2D eigenvalue weighted by Crippen LogP contribution is 2.30. The van der Waals surface area contributed by atoms with E-state index in [0.29, 0.717) is 13.1 Å². The van der Waals surface area contributed by atoms with E-state index in [4.69, 9.17) is 0 Å². The van der Waals surface area contributed by atoms with Gasteiger partial charge < -0.3 is 10.6 Å². The highest BCUT2D eigenvalue weighted by molar-refractivity contribution is 7.92. The molecule has 1 aromatic carbocycles. The smallest absolute Gasteiger partial charge is 0.245 e. The van der Waals surface area contributed by atoms with E-state index in [1.54, 1.807) is 0 Å². The summed E-state index contributed by atoms with van der Waals surface area (Å²) in [5.74, 6) is -1.24. The number of aromatic nitrogens is 3. The van der Waals surface area contributed by atoms with Crippen molar-refractivity contribution in [1.29, 1.82) is 0 Å². The molecule has 8 nitrogen and oxygen atoms in total. The monoisotopic (exact) mass is 367 g/mol. The molecule has 0 spiro atoms. The van der Waals surface area contributed by atoms with E-state index >= 15 is 0 Å². The number of hydrogen-bond donors (Lipinski definition) is 2. The van der Waals surface area contributed by atoms with Crippen molar-refractivity contribution in [3.05, 3.63) is 36.7 Å². The molecule has 1 amide bonds. The Bertz CT molecular complexity index is 877. The number of carbonyl (C=O) groups excluding carboxylic acids is 1. The molecule has 0 bridgehead atoms. The highest BCUT2D eigenvalue weighted by atomic mass is 32.2. The summed E-state index contributed by atoms with van der Waals surface area (Å²) < 4.78 is 38.5. The van der Waals surface area contributed by atoms with Crippen LogP contribution < -0.4 is 10.6 Å². The predicted molar refractivity (Wildman–Crippen MR) is 89.6 cm³/mol. The van der Waals surface area contributed by atoms with Crippen LogP contribution in [0.5, 0.6) is 0 Å². The zero-order chi connectivity index (χ0) is 18.1. The van der Waals surface area contributed by atoms with Crippen molar-refractivity contribution < 1.29 is 17.6 Å². The fourth-order valence-electron chi connectivity index (χ4n) is 2.94. The molecule has 0 atom stereocenters. The Morgan fingerprint density at radius 3 is 2.64 bits per heavy atom. The van der Waals surface area contributed by atoms with Crippen LogP contribution in [0, 0.1) is 5.82 Å². The number of rotatable bonds is 4. The van der Waals surface area contributed by atoms with Crippen molar-refractivity contribution in [3.63, 3.8) is 0 Å². The molecule has 1 fully saturated rings. The minimum absolute atomic E-state index is 0.176. The first-order valence-corrected chi connectivity index (χ1v) is 9.59. The van der Waals surface area contributed by atoms with Crippen LogP contribution in [0.25, 0.3) is 5.69 Å². The number of amides is 1. The van der Waals surface area contributed by atoms with Crippen LogP contribution in [0.4, 0.5) is 10.1 Å². The summed E-state index contributed by atoms with van der Waals surface area (Å²) in [5.41, 5.74) is 0.364. The number of sulfone groups is 1. The Morgan fingerprint density at radius 1 is 1.36 bits per heavy atom. The fraction of sp³-hybridized carbons (Fsp3) is 0.400. The van der Waals surface area contributed by atoms with E-state index in [1.807, 2.05) is 0 Å². The zero-order valence-electron chi connectivity index (χ0n) is 13.6. The van der Waals surface area contributed by atoms with Crippen LogP contribution in [0.3, 0.4) is 0 Å². The molecule has 1 aromatic heterocycles. The topological polar surface area (TPSA) is 106 Å². The number of hydrogen-bond acceptors (Lipinski definition) is 6. The molecule has 134 valence electrons. The molecule has 0 radical (unpaired) electrons. The summed E-state index contributed by atoms with van der Waals surface area (Å²) in [4.78, 5) is 16.4. The molecule has 2 heterocycles. The maximum Gasteiger partial charge on any atom is 0.245 e. The molecule has 0 saturated carbocycles. The SMILES string of the molecule is CS(=O)(=O)C1(C(=O)Nc2ccc(-n3cncn3)c(F)c2)CCNCC1. The number of nitrogens with one attached hydrogen (secondary N) is 2. The van der Waals surface area contributed by atoms with Gasteiger partial charge in [0.2, 0.25) is 5.91 Å². The maximum atomic E-state index is 14.3. The third kappa shape index (κ3) is 3.27. The summed E-state index contributed by atoms with van der Waals surface area (Å²) >= 11 is 0. The van der Waals surface area contributed by atoms with Crippen LogP contribution in [0.1, 0.15) is 12.8 Å². The van der Waals surface area contributed by atoms with E-state index in [1.165, 1.54) is 29.5 Å². The van der Waals surface area contributed by atoms with Gasteiger partial charge in [0.05, 0.1) is 0 Å². The second-order valence-electron chi connectivity index (χ2n) is 5.98. The van der Waals surface area contributed by atoms with Crippen LogP contribution in [-0.4, -0.2) is 53.2 Å². The van der Waals surface area contributed by atoms with Crippen molar-refractivity contribution in [1.82, 2.24) is 20.1 Å². The first-order valence-electron chi connectivity index (χ1n) is 7.70. The van der Waals surface area contributed by atoms with Gasteiger partial charge in [-0.2, -0.15) is 5.10 Å². The van der Waals surface area contributed by atoms with Gasteiger partial charge in [0, 0.05) is 11.9 Å². The van der Waals surface area contributed by atoms with Gasteiger partial charge in [0.1, 0.15) is 18.3 Å². The third-order valence-corrected chi connectivity index (χ3v) is 6.42. The van der Waals surface area contributed by atoms with Crippen molar-refractivity contribution in [3.8, 4) is 5.69 Å². The molecule has 0 aliphatic carbocycles. The fourth-order valence-corrected chi connectivity index (χ4v) is 4.28. The maximum absolute atomic E-state index is 14.3. The molecule has 3 rings (SSSR count). The lowest BCUT2D eigenvalue weighted by Crippen LogP contribution is -2.55. The average Bonchev–Trinajstić information content (AvgIpc) is 3.08. The lowest BCUT2D eigenvalue weighted by Gasteiger charge is -2.34. The molecule has 0 unspecified atom stereocenters. The minimum atomic E-state index is -3.63. The normalized spacial score (nSPS) is 17.2. The predicted octanol–water partition coefficient (Wildman–Crippen LogP) is 0.512. The minimum Gasteiger partial charge on any atom is -0.325 e. The molecule has 2 aromatic rings. The summed E-state index contributed by atoms with van der Waals surface area (Å²) in [6.45, 7) is 0.861. The molecule has 10 heteroatoms. The van der Waals surface area contributed by atoms with Gasteiger partial charge >= 0.3 is 0 Å². The molecular formula is C15H18FN5O3S. The number of halogens is 1. The van der Waals surface area contributed by atoms with Gasteiger partial charge in [-0.25, -0.2) is 22.5 Å². The second kappa shape index (κ2) is 6.52. The Hall–Kier alpha value is -2.33. The second-order valence-corrected chi connectivity index (χ2v) is 8.30. The number of benzene rings is 1. The molecule has 2 N–H and O–H groups in total. The van der Waals surface area contributed by atoms with Crippen molar-refractivity contribution >= 4 is 21.4 Å². The Balaban J connectivity index is 1.86. The number of anilines is 1. The van der Waals surface area contributed by atoms with E-state index in [0.717, 1.165) is 12.3 Å². The molecular weight excluding hydrogens is 349 g/mol. The largest absolute Gasteiger partial charge is 0.325 e. The van der Waals surface area contributed by atoms with Crippen LogP contribution in [-0.2, 0) is 14.6 Å². The van der Waals surface area contributed by atoms with Crippen molar-refractivity contribution in [2.24, 2.45) is 0 Å². The van der Waals surface area contributed by atoms with E-state index in [2.05, 4.69) is 20.7 Å². The summed E-state index contributed by atoms with van der Waals surface area (Å²) in [5, 5.41) is 9.43. The van der Waals surface area contributed by atoms with E-state index in [-0.39, 0.29) is 24.2 Å². The molecule has 1 aliphatic rings. The van der Waals surface area contributed by atoms with Crippen LogP contribution in [0.2, 0.25) is 0 Å². The van der Waals surface area contributed by atoms with Gasteiger partial charge in [-0.15, -0.1) is 0 Å². The Morgan fingerprint density at radius 2 is 2.08 bits per heavy atom. The van der Waals surface area contributed by atoms with Crippen LogP contribution >= 0.6 is 0 Å².